The van der Waals surface area contributed by atoms with Crippen molar-refractivity contribution in [3.05, 3.63) is 29.8 Å². The van der Waals surface area contributed by atoms with E-state index in [1.165, 1.54) is 0 Å². The average Bonchev–Trinajstić information content (AvgIpc) is 2.58. The number of carbonyl (C=O) groups is 1. The summed E-state index contributed by atoms with van der Waals surface area (Å²) in [6, 6.07) is 7.85. The van der Waals surface area contributed by atoms with Gasteiger partial charge in [0.1, 0.15) is 5.75 Å². The molecule has 1 aromatic carbocycles. The Balaban J connectivity index is 2.17. The lowest BCUT2D eigenvalue weighted by atomic mass is 9.86. The Morgan fingerprint density at radius 2 is 2.00 bits per heavy atom. The van der Waals surface area contributed by atoms with E-state index >= 15 is 0 Å². The molecular weight excluding hydrogens is 188 g/mol. The van der Waals surface area contributed by atoms with Crippen LogP contribution in [0.15, 0.2) is 24.3 Å². The number of benzene rings is 1. The third-order valence-electron chi connectivity index (χ3n) is 2.68. The van der Waals surface area contributed by atoms with Gasteiger partial charge in [-0.1, -0.05) is 39.0 Å². The number of hydrogen-bond donors (Lipinski definition) is 0. The van der Waals surface area contributed by atoms with Crippen LogP contribution in [0, 0.1) is 5.41 Å². The van der Waals surface area contributed by atoms with Crippen LogP contribution in [-0.2, 0) is 11.2 Å². The predicted octanol–water partition coefficient (Wildman–Crippen LogP) is 2.61. The summed E-state index contributed by atoms with van der Waals surface area (Å²) < 4.78 is 5.65. The number of carbonyl (C=O) groups excluding carboxylic acids is 1. The first-order valence-electron chi connectivity index (χ1n) is 5.27. The third kappa shape index (κ3) is 1.89. The summed E-state index contributed by atoms with van der Waals surface area (Å²) in [5.41, 5.74) is 0.812. The van der Waals surface area contributed by atoms with Gasteiger partial charge in [-0.3, -0.25) is 4.79 Å². The summed E-state index contributed by atoms with van der Waals surface area (Å²) in [5.74, 6) is 1.04. The molecule has 2 nitrogen and oxygen atoms in total. The van der Waals surface area contributed by atoms with Crippen LogP contribution in [0.5, 0.6) is 5.75 Å². The Kier molecular flexibility index (Phi) is 2.29. The zero-order valence-electron chi connectivity index (χ0n) is 9.41. The molecule has 1 atom stereocenters. The number of ether oxygens (including phenoxy) is 1. The Labute approximate surface area is 90.3 Å². The topological polar surface area (TPSA) is 26.3 Å². The van der Waals surface area contributed by atoms with Crippen LogP contribution in [0.3, 0.4) is 0 Å². The number of rotatable bonds is 1. The minimum absolute atomic E-state index is 0.179. The molecule has 1 heterocycles. The van der Waals surface area contributed by atoms with Crippen LogP contribution >= 0.6 is 0 Å². The normalized spacial score (nSPS) is 19.5. The van der Waals surface area contributed by atoms with Gasteiger partial charge < -0.3 is 4.74 Å². The van der Waals surface area contributed by atoms with Crippen LogP contribution in [-0.4, -0.2) is 11.9 Å². The number of Topliss-reactive ketones (excluding diaryl/α,β-unsaturated/α-hetero) is 1. The standard InChI is InChI=1S/C13H16O2/c1-13(2,3)12(14)11-8-9-6-4-5-7-10(9)15-11/h4-7,11H,8H2,1-3H3. The predicted molar refractivity (Wildman–Crippen MR) is 59.0 cm³/mol. The van der Waals surface area contributed by atoms with Crippen molar-refractivity contribution in [3.63, 3.8) is 0 Å². The van der Waals surface area contributed by atoms with E-state index in [1.54, 1.807) is 0 Å². The second-order valence-electron chi connectivity index (χ2n) is 5.03. The second-order valence-corrected chi connectivity index (χ2v) is 5.03. The minimum Gasteiger partial charge on any atom is -0.482 e. The van der Waals surface area contributed by atoms with Gasteiger partial charge in [-0.15, -0.1) is 0 Å². The zero-order valence-corrected chi connectivity index (χ0v) is 9.41. The van der Waals surface area contributed by atoms with Crippen molar-refractivity contribution in [1.82, 2.24) is 0 Å². The molecule has 1 aliphatic heterocycles. The third-order valence-corrected chi connectivity index (χ3v) is 2.68. The maximum Gasteiger partial charge on any atom is 0.178 e. The van der Waals surface area contributed by atoms with Crippen LogP contribution in [0.25, 0.3) is 0 Å². The first-order chi connectivity index (χ1) is 6.98. The molecule has 2 rings (SSSR count). The highest BCUT2D eigenvalue weighted by Gasteiger charge is 2.35. The SMILES string of the molecule is CC(C)(C)C(=O)C1Cc2ccccc2O1. The van der Waals surface area contributed by atoms with E-state index < -0.39 is 0 Å². The molecule has 80 valence electrons. The summed E-state index contributed by atoms with van der Waals surface area (Å²) in [5, 5.41) is 0. The van der Waals surface area contributed by atoms with Gasteiger partial charge in [0.25, 0.3) is 0 Å². The number of fused-ring (bicyclic) bond motifs is 1. The van der Waals surface area contributed by atoms with Crippen molar-refractivity contribution in [2.24, 2.45) is 5.41 Å². The first-order valence-corrected chi connectivity index (χ1v) is 5.27. The Morgan fingerprint density at radius 1 is 1.33 bits per heavy atom. The van der Waals surface area contributed by atoms with Gasteiger partial charge in [-0.2, -0.15) is 0 Å². The van der Waals surface area contributed by atoms with Crippen LogP contribution in [0.2, 0.25) is 0 Å². The van der Waals surface area contributed by atoms with E-state index in [1.807, 2.05) is 45.0 Å². The van der Waals surface area contributed by atoms with Gasteiger partial charge in [0.15, 0.2) is 11.9 Å². The molecule has 0 aliphatic carbocycles. The van der Waals surface area contributed by atoms with Gasteiger partial charge in [0.05, 0.1) is 0 Å². The molecule has 0 amide bonds. The van der Waals surface area contributed by atoms with E-state index in [4.69, 9.17) is 4.74 Å². The maximum absolute atomic E-state index is 12.0. The van der Waals surface area contributed by atoms with Crippen molar-refractivity contribution < 1.29 is 9.53 Å². The maximum atomic E-state index is 12.0. The van der Waals surface area contributed by atoms with Gasteiger partial charge in [0.2, 0.25) is 0 Å². The number of hydrogen-bond acceptors (Lipinski definition) is 2. The van der Waals surface area contributed by atoms with E-state index in [2.05, 4.69) is 0 Å². The molecule has 0 radical (unpaired) electrons. The smallest absolute Gasteiger partial charge is 0.178 e. The molecular formula is C13H16O2. The fourth-order valence-electron chi connectivity index (χ4n) is 1.81. The summed E-state index contributed by atoms with van der Waals surface area (Å²) in [6.07, 6.45) is 0.425. The van der Waals surface area contributed by atoms with Crippen LogP contribution in [0.4, 0.5) is 0 Å². The molecule has 0 saturated heterocycles. The molecule has 1 aromatic rings. The van der Waals surface area contributed by atoms with Crippen molar-refractivity contribution in [3.8, 4) is 5.75 Å². The molecule has 0 fully saturated rings. The number of ketones is 1. The van der Waals surface area contributed by atoms with Crippen molar-refractivity contribution in [2.45, 2.75) is 33.3 Å². The Morgan fingerprint density at radius 3 is 2.60 bits per heavy atom. The van der Waals surface area contributed by atoms with E-state index in [0.29, 0.717) is 6.42 Å². The molecule has 0 saturated carbocycles. The fraction of sp³-hybridized carbons (Fsp3) is 0.462. The van der Waals surface area contributed by atoms with Crippen molar-refractivity contribution in [2.75, 3.05) is 0 Å². The summed E-state index contributed by atoms with van der Waals surface area (Å²) in [6.45, 7) is 5.80. The van der Waals surface area contributed by atoms with E-state index in [-0.39, 0.29) is 17.3 Å². The molecule has 1 unspecified atom stereocenters. The molecule has 1 aliphatic rings. The largest absolute Gasteiger partial charge is 0.482 e. The monoisotopic (exact) mass is 204 g/mol. The fourth-order valence-corrected chi connectivity index (χ4v) is 1.81. The van der Waals surface area contributed by atoms with Gasteiger partial charge in [-0.25, -0.2) is 0 Å². The van der Waals surface area contributed by atoms with Crippen molar-refractivity contribution in [1.29, 1.82) is 0 Å². The number of para-hydroxylation sites is 1. The van der Waals surface area contributed by atoms with E-state index in [0.717, 1.165) is 11.3 Å². The highest BCUT2D eigenvalue weighted by Crippen LogP contribution is 2.31. The second kappa shape index (κ2) is 3.37. The lowest BCUT2D eigenvalue weighted by Gasteiger charge is -2.20. The molecule has 0 bridgehead atoms. The average molecular weight is 204 g/mol. The zero-order chi connectivity index (χ0) is 11.1. The van der Waals surface area contributed by atoms with Crippen molar-refractivity contribution >= 4 is 5.78 Å². The van der Waals surface area contributed by atoms with Gasteiger partial charge >= 0.3 is 0 Å². The highest BCUT2D eigenvalue weighted by molar-refractivity contribution is 5.89. The summed E-state index contributed by atoms with van der Waals surface area (Å²) >= 11 is 0. The summed E-state index contributed by atoms with van der Waals surface area (Å²) in [7, 11) is 0. The van der Waals surface area contributed by atoms with E-state index in [9.17, 15) is 4.79 Å². The lowest BCUT2D eigenvalue weighted by Crippen LogP contribution is -2.35. The van der Waals surface area contributed by atoms with Crippen LogP contribution in [0.1, 0.15) is 26.3 Å². The Hall–Kier alpha value is -1.31. The molecule has 0 spiro atoms. The highest BCUT2D eigenvalue weighted by atomic mass is 16.5. The Bertz CT molecular complexity index is 363. The molecule has 0 aromatic heterocycles. The lowest BCUT2D eigenvalue weighted by molar-refractivity contribution is -0.132. The molecule has 2 heteroatoms. The summed E-state index contributed by atoms with van der Waals surface area (Å²) in [4.78, 5) is 12.0. The first kappa shape index (κ1) is 10.2. The molecule has 15 heavy (non-hydrogen) atoms. The van der Waals surface area contributed by atoms with Gasteiger partial charge in [0, 0.05) is 11.8 Å². The quantitative estimate of drug-likeness (QED) is 0.703. The molecule has 0 N–H and O–H groups in total. The van der Waals surface area contributed by atoms with Gasteiger partial charge in [-0.05, 0) is 11.6 Å². The minimum atomic E-state index is -0.327. The van der Waals surface area contributed by atoms with Crippen LogP contribution < -0.4 is 4.74 Å².